The van der Waals surface area contributed by atoms with Crippen LogP contribution in [0.4, 0.5) is 0 Å². The normalized spacial score (nSPS) is 11.5. The second-order valence-electron chi connectivity index (χ2n) is 6.95. The number of hydrogen-bond donors (Lipinski definition) is 1. The Labute approximate surface area is 187 Å². The highest BCUT2D eigenvalue weighted by Gasteiger charge is 2.06. The van der Waals surface area contributed by atoms with Gasteiger partial charge in [-0.25, -0.2) is 0 Å². The van der Waals surface area contributed by atoms with Gasteiger partial charge in [0.2, 0.25) is 0 Å². The lowest BCUT2D eigenvalue weighted by molar-refractivity contribution is 0.0979. The van der Waals surface area contributed by atoms with Gasteiger partial charge in [0, 0.05) is 20.9 Å². The molecule has 1 N–H and O–H groups in total. The van der Waals surface area contributed by atoms with Gasteiger partial charge in [0.05, 0.1) is 6.10 Å². The van der Waals surface area contributed by atoms with E-state index in [9.17, 15) is 9.90 Å². The molecule has 0 spiro atoms. The Hall–Kier alpha value is -0.970. The van der Waals surface area contributed by atoms with Crippen molar-refractivity contribution in [2.45, 2.75) is 71.3 Å². The third-order valence-electron chi connectivity index (χ3n) is 4.51. The zero-order valence-corrected chi connectivity index (χ0v) is 20.1. The number of carbonyl (C=O) groups is 1. The molecule has 2 aromatic rings. The van der Waals surface area contributed by atoms with Crippen LogP contribution in [0.5, 0.6) is 0 Å². The molecule has 0 amide bonds. The first kappa shape index (κ1) is 25.1. The van der Waals surface area contributed by atoms with Gasteiger partial charge >= 0.3 is 0 Å². The number of aliphatic hydroxyl groups excluding tert-OH is 1. The molecule has 0 saturated heterocycles. The molecule has 1 atom stereocenters. The average Bonchev–Trinajstić information content (AvgIpc) is 2.70. The fourth-order valence-corrected chi connectivity index (χ4v) is 3.28. The predicted molar refractivity (Wildman–Crippen MR) is 126 cm³/mol. The van der Waals surface area contributed by atoms with Crippen molar-refractivity contribution in [2.24, 2.45) is 0 Å². The number of ketones is 1. The maximum atomic E-state index is 11.6. The quantitative estimate of drug-likeness (QED) is 0.257. The summed E-state index contributed by atoms with van der Waals surface area (Å²) in [6.07, 6.45) is 8.07. The Morgan fingerprint density at radius 3 is 1.86 bits per heavy atom. The Morgan fingerprint density at radius 1 is 0.821 bits per heavy atom. The first-order valence-electron chi connectivity index (χ1n) is 10.2. The Morgan fingerprint density at radius 2 is 1.32 bits per heavy atom. The summed E-state index contributed by atoms with van der Waals surface area (Å²) in [4.78, 5) is 11.6. The molecule has 0 aliphatic heterocycles. The summed E-state index contributed by atoms with van der Waals surface area (Å²) in [5.74, 6) is 0.256. The highest BCUT2D eigenvalue weighted by atomic mass is 79.9. The maximum absolute atomic E-state index is 11.6. The third kappa shape index (κ3) is 10.5. The number of Topliss-reactive ketones (excluding diaryl/α,β-unsaturated/α-hetero) is 1. The smallest absolute Gasteiger partial charge is 0.162 e. The van der Waals surface area contributed by atoms with E-state index in [0.29, 0.717) is 6.42 Å². The fraction of sp³-hybridized carbons (Fsp3) is 0.458. The van der Waals surface area contributed by atoms with Crippen molar-refractivity contribution in [3.8, 4) is 0 Å². The molecule has 2 aromatic carbocycles. The number of hydrogen-bond acceptors (Lipinski definition) is 2. The van der Waals surface area contributed by atoms with Gasteiger partial charge in [-0.05, 0) is 42.7 Å². The predicted octanol–water partition coefficient (Wildman–Crippen LogP) is 8.27. The lowest BCUT2D eigenvalue weighted by Crippen LogP contribution is -1.98. The molecular formula is C24H32Br2O2. The summed E-state index contributed by atoms with van der Waals surface area (Å²) >= 11 is 6.72. The standard InChI is InChI=1S/C12H17BrO.C12H15BrO/c2*1-2-3-4-5-12(14)10-6-8-11(13)9-7-10/h6-9,12,14H,2-5H2,1H3;6-9H,2-5H2,1H3/t12-;/m1./s1. The van der Waals surface area contributed by atoms with Crippen molar-refractivity contribution in [2.75, 3.05) is 0 Å². The molecule has 2 rings (SSSR count). The third-order valence-corrected chi connectivity index (χ3v) is 5.57. The lowest BCUT2D eigenvalue weighted by Gasteiger charge is -2.10. The molecule has 4 heteroatoms. The maximum Gasteiger partial charge on any atom is 0.162 e. The number of aliphatic hydroxyl groups is 1. The average molecular weight is 512 g/mol. The molecule has 0 saturated carbocycles. The fourth-order valence-electron chi connectivity index (χ4n) is 2.75. The van der Waals surface area contributed by atoms with Gasteiger partial charge in [0.15, 0.2) is 5.78 Å². The topological polar surface area (TPSA) is 37.3 Å². The highest BCUT2D eigenvalue weighted by Crippen LogP contribution is 2.21. The van der Waals surface area contributed by atoms with Crippen molar-refractivity contribution in [3.63, 3.8) is 0 Å². The highest BCUT2D eigenvalue weighted by molar-refractivity contribution is 9.10. The van der Waals surface area contributed by atoms with Crippen LogP contribution in [0.1, 0.15) is 87.2 Å². The van der Waals surface area contributed by atoms with Gasteiger partial charge in [0.25, 0.3) is 0 Å². The Kier molecular flexibility index (Phi) is 13.4. The summed E-state index contributed by atoms with van der Waals surface area (Å²) in [7, 11) is 0. The molecule has 2 nitrogen and oxygen atoms in total. The van der Waals surface area contributed by atoms with Gasteiger partial charge in [0.1, 0.15) is 0 Å². The van der Waals surface area contributed by atoms with E-state index >= 15 is 0 Å². The SMILES string of the molecule is CCCCCC(=O)c1ccc(Br)cc1.CCCCC[C@@H](O)c1ccc(Br)cc1. The number of benzene rings is 2. The van der Waals surface area contributed by atoms with Crippen molar-refractivity contribution in [1.29, 1.82) is 0 Å². The summed E-state index contributed by atoms with van der Waals surface area (Å²) in [5.41, 5.74) is 1.84. The Balaban J connectivity index is 0.000000280. The molecule has 0 aliphatic rings. The number of unbranched alkanes of at least 4 members (excludes halogenated alkanes) is 4. The molecule has 0 bridgehead atoms. The van der Waals surface area contributed by atoms with Crippen LogP contribution in [-0.4, -0.2) is 10.9 Å². The van der Waals surface area contributed by atoms with E-state index in [1.54, 1.807) is 0 Å². The molecule has 0 unspecified atom stereocenters. The van der Waals surface area contributed by atoms with E-state index in [1.807, 2.05) is 48.5 Å². The summed E-state index contributed by atoms with van der Waals surface area (Å²) in [6, 6.07) is 15.5. The van der Waals surface area contributed by atoms with Crippen molar-refractivity contribution in [3.05, 3.63) is 68.6 Å². The Bertz CT molecular complexity index is 666. The van der Waals surface area contributed by atoms with E-state index in [2.05, 4.69) is 45.7 Å². The lowest BCUT2D eigenvalue weighted by atomic mass is 10.0. The van der Waals surface area contributed by atoms with Crippen LogP contribution < -0.4 is 0 Å². The van der Waals surface area contributed by atoms with Crippen molar-refractivity contribution < 1.29 is 9.90 Å². The monoisotopic (exact) mass is 510 g/mol. The summed E-state index contributed by atoms with van der Waals surface area (Å²) in [6.45, 7) is 4.32. The van der Waals surface area contributed by atoms with E-state index < -0.39 is 0 Å². The van der Waals surface area contributed by atoms with Gasteiger partial charge < -0.3 is 5.11 Å². The number of carbonyl (C=O) groups excluding carboxylic acids is 1. The van der Waals surface area contributed by atoms with E-state index in [-0.39, 0.29) is 11.9 Å². The molecule has 154 valence electrons. The minimum absolute atomic E-state index is 0.256. The van der Waals surface area contributed by atoms with Gasteiger partial charge in [-0.15, -0.1) is 0 Å². The summed E-state index contributed by atoms with van der Waals surface area (Å²) in [5, 5.41) is 9.82. The molecule has 0 aliphatic carbocycles. The van der Waals surface area contributed by atoms with Crippen LogP contribution in [0.3, 0.4) is 0 Å². The number of halogens is 2. The largest absolute Gasteiger partial charge is 0.388 e. The van der Waals surface area contributed by atoms with Crippen LogP contribution in [-0.2, 0) is 0 Å². The van der Waals surface area contributed by atoms with Gasteiger partial charge in [-0.1, -0.05) is 102 Å². The van der Waals surface area contributed by atoms with Crippen LogP contribution in [0, 0.1) is 0 Å². The zero-order chi connectivity index (χ0) is 20.8. The van der Waals surface area contributed by atoms with Crippen LogP contribution in [0.25, 0.3) is 0 Å². The molecule has 0 aromatic heterocycles. The van der Waals surface area contributed by atoms with Crippen LogP contribution in [0.15, 0.2) is 57.5 Å². The second kappa shape index (κ2) is 14.9. The molecule has 0 radical (unpaired) electrons. The molecule has 28 heavy (non-hydrogen) atoms. The van der Waals surface area contributed by atoms with Gasteiger partial charge in [-0.3, -0.25) is 4.79 Å². The van der Waals surface area contributed by atoms with Crippen LogP contribution in [0.2, 0.25) is 0 Å². The van der Waals surface area contributed by atoms with Crippen molar-refractivity contribution >= 4 is 37.6 Å². The van der Waals surface area contributed by atoms with Crippen molar-refractivity contribution in [1.82, 2.24) is 0 Å². The van der Waals surface area contributed by atoms with E-state index in [0.717, 1.165) is 52.2 Å². The molecule has 0 heterocycles. The first-order valence-corrected chi connectivity index (χ1v) is 11.8. The van der Waals surface area contributed by atoms with Gasteiger partial charge in [-0.2, -0.15) is 0 Å². The summed E-state index contributed by atoms with van der Waals surface area (Å²) < 4.78 is 2.07. The van der Waals surface area contributed by atoms with E-state index in [1.165, 1.54) is 12.8 Å². The molecule has 0 fully saturated rings. The second-order valence-corrected chi connectivity index (χ2v) is 8.78. The van der Waals surface area contributed by atoms with E-state index in [4.69, 9.17) is 0 Å². The number of rotatable bonds is 10. The van der Waals surface area contributed by atoms with Crippen LogP contribution >= 0.6 is 31.9 Å². The first-order chi connectivity index (χ1) is 13.5. The minimum Gasteiger partial charge on any atom is -0.388 e. The molecular weight excluding hydrogens is 480 g/mol. The minimum atomic E-state index is -0.297. The zero-order valence-electron chi connectivity index (χ0n) is 17.0.